The summed E-state index contributed by atoms with van der Waals surface area (Å²) in [6.45, 7) is 3.99. The van der Waals surface area contributed by atoms with Crippen LogP contribution in [-0.2, 0) is 17.9 Å². The van der Waals surface area contributed by atoms with E-state index in [9.17, 15) is 0 Å². The summed E-state index contributed by atoms with van der Waals surface area (Å²) in [6, 6.07) is 7.40. The smallest absolute Gasteiger partial charge is 0.0731 e. The van der Waals surface area contributed by atoms with E-state index in [0.29, 0.717) is 12.7 Å². The normalized spacial score (nSPS) is 20.9. The van der Waals surface area contributed by atoms with Crippen LogP contribution in [0.15, 0.2) is 22.7 Å². The van der Waals surface area contributed by atoms with Crippen molar-refractivity contribution in [1.29, 1.82) is 0 Å². The van der Waals surface area contributed by atoms with E-state index in [1.54, 1.807) is 0 Å². The third-order valence-corrected chi connectivity index (χ3v) is 5.17. The van der Waals surface area contributed by atoms with E-state index >= 15 is 0 Å². The maximum Gasteiger partial charge on any atom is 0.0731 e. The van der Waals surface area contributed by atoms with E-state index in [2.05, 4.69) is 51.4 Å². The number of hydrogen-bond acceptors (Lipinski definition) is 3. The highest BCUT2D eigenvalue weighted by atomic mass is 79.9. The number of halogens is 1. The van der Waals surface area contributed by atoms with Gasteiger partial charge >= 0.3 is 0 Å². The first-order chi connectivity index (χ1) is 10.2. The average Bonchev–Trinajstić information content (AvgIpc) is 3.30. The molecule has 2 aliphatic rings. The molecule has 1 aromatic carbocycles. The molecule has 0 unspecified atom stereocenters. The van der Waals surface area contributed by atoms with Crippen LogP contribution in [0.5, 0.6) is 0 Å². The Morgan fingerprint density at radius 3 is 2.67 bits per heavy atom. The second-order valence-corrected chi connectivity index (χ2v) is 7.25. The van der Waals surface area contributed by atoms with Crippen molar-refractivity contribution in [3.63, 3.8) is 0 Å². The van der Waals surface area contributed by atoms with Crippen LogP contribution >= 0.6 is 15.9 Å². The fraction of sp³-hybridized carbons (Fsp3) is 0.647. The Hall–Kier alpha value is -0.420. The van der Waals surface area contributed by atoms with Crippen molar-refractivity contribution in [2.75, 3.05) is 20.1 Å². The summed E-state index contributed by atoms with van der Waals surface area (Å²) in [4.78, 5) is 2.37. The number of benzene rings is 1. The molecule has 116 valence electrons. The lowest BCUT2D eigenvalue weighted by Gasteiger charge is -2.29. The zero-order chi connectivity index (χ0) is 14.7. The molecular formula is C17H25BrN2O. The Morgan fingerprint density at radius 2 is 2.00 bits per heavy atom. The van der Waals surface area contributed by atoms with Crippen molar-refractivity contribution in [2.24, 2.45) is 0 Å². The maximum atomic E-state index is 6.07. The topological polar surface area (TPSA) is 24.5 Å². The highest BCUT2D eigenvalue weighted by molar-refractivity contribution is 9.10. The van der Waals surface area contributed by atoms with E-state index in [4.69, 9.17) is 4.74 Å². The first kappa shape index (κ1) is 15.5. The number of piperidine rings is 1. The lowest BCUT2D eigenvalue weighted by molar-refractivity contribution is 0.00191. The number of nitrogens with one attached hydrogen (secondary N) is 1. The average molecular weight is 353 g/mol. The molecule has 1 N–H and O–H groups in total. The van der Waals surface area contributed by atoms with Crippen LogP contribution in [0.3, 0.4) is 0 Å². The van der Waals surface area contributed by atoms with Crippen LogP contribution in [0.2, 0.25) is 0 Å². The summed E-state index contributed by atoms with van der Waals surface area (Å²) in [5, 5.41) is 3.55. The minimum absolute atomic E-state index is 0.421. The van der Waals surface area contributed by atoms with E-state index in [0.717, 1.165) is 38.5 Å². The molecule has 0 radical (unpaired) electrons. The van der Waals surface area contributed by atoms with Crippen molar-refractivity contribution < 1.29 is 4.74 Å². The fourth-order valence-corrected chi connectivity index (χ4v) is 3.27. The summed E-state index contributed by atoms with van der Waals surface area (Å²) in [5.74, 6) is 0. The molecule has 0 spiro atoms. The lowest BCUT2D eigenvalue weighted by atomic mass is 10.1. The Kier molecular flexibility index (Phi) is 5.33. The van der Waals surface area contributed by atoms with Gasteiger partial charge in [0.05, 0.1) is 12.7 Å². The second kappa shape index (κ2) is 7.23. The predicted molar refractivity (Wildman–Crippen MR) is 89.3 cm³/mol. The quantitative estimate of drug-likeness (QED) is 0.849. The van der Waals surface area contributed by atoms with Crippen molar-refractivity contribution >= 4 is 15.9 Å². The standard InChI is InChI=1S/C17H25BrN2O/c1-20-8-6-16(7-9-20)21-12-14-3-2-13(10-17(14)18)11-19-15-4-5-15/h2-3,10,15-16,19H,4-9,11-12H2,1H3. The SMILES string of the molecule is CN1CCC(OCc2ccc(CNC3CC3)cc2Br)CC1. The Labute approximate surface area is 136 Å². The van der Waals surface area contributed by atoms with Crippen LogP contribution in [-0.4, -0.2) is 37.2 Å². The predicted octanol–water partition coefficient (Wildman–Crippen LogP) is 3.31. The molecule has 0 atom stereocenters. The number of likely N-dealkylation sites (tertiary alicyclic amines) is 1. The highest BCUT2D eigenvalue weighted by Gasteiger charge is 2.20. The zero-order valence-electron chi connectivity index (χ0n) is 12.8. The number of nitrogens with zero attached hydrogens (tertiary/aromatic N) is 1. The van der Waals surface area contributed by atoms with Crippen molar-refractivity contribution in [3.8, 4) is 0 Å². The summed E-state index contributed by atoms with van der Waals surface area (Å²) < 4.78 is 7.25. The van der Waals surface area contributed by atoms with Crippen molar-refractivity contribution in [1.82, 2.24) is 10.2 Å². The monoisotopic (exact) mass is 352 g/mol. The van der Waals surface area contributed by atoms with Crippen LogP contribution in [0.4, 0.5) is 0 Å². The third kappa shape index (κ3) is 4.78. The molecule has 2 fully saturated rings. The van der Waals surface area contributed by atoms with E-state index < -0.39 is 0 Å². The molecule has 1 heterocycles. The van der Waals surface area contributed by atoms with Gasteiger partial charge in [-0.2, -0.15) is 0 Å². The maximum absolute atomic E-state index is 6.07. The van der Waals surface area contributed by atoms with Crippen LogP contribution in [0.1, 0.15) is 36.8 Å². The van der Waals surface area contributed by atoms with E-state index in [-0.39, 0.29) is 0 Å². The Bertz CT molecular complexity index is 468. The zero-order valence-corrected chi connectivity index (χ0v) is 14.4. The second-order valence-electron chi connectivity index (χ2n) is 6.39. The highest BCUT2D eigenvalue weighted by Crippen LogP contribution is 2.23. The number of rotatable bonds is 6. The molecule has 1 saturated heterocycles. The molecule has 0 amide bonds. The molecule has 1 saturated carbocycles. The molecular weight excluding hydrogens is 328 g/mol. The van der Waals surface area contributed by atoms with Gasteiger partial charge in [0.25, 0.3) is 0 Å². The fourth-order valence-electron chi connectivity index (χ4n) is 2.73. The van der Waals surface area contributed by atoms with Gasteiger partial charge in [-0.15, -0.1) is 0 Å². The molecule has 0 aromatic heterocycles. The van der Waals surface area contributed by atoms with Crippen molar-refractivity contribution in [3.05, 3.63) is 33.8 Å². The molecule has 3 nitrogen and oxygen atoms in total. The first-order valence-electron chi connectivity index (χ1n) is 8.01. The van der Waals surface area contributed by atoms with Crippen LogP contribution in [0, 0.1) is 0 Å². The van der Waals surface area contributed by atoms with Gasteiger partial charge in [-0.1, -0.05) is 28.1 Å². The van der Waals surface area contributed by atoms with Gasteiger partial charge < -0.3 is 15.0 Å². The van der Waals surface area contributed by atoms with Crippen LogP contribution < -0.4 is 5.32 Å². The largest absolute Gasteiger partial charge is 0.373 e. The molecule has 1 aromatic rings. The van der Waals surface area contributed by atoms with Crippen molar-refractivity contribution in [2.45, 2.75) is 51.0 Å². The minimum atomic E-state index is 0.421. The molecule has 1 aliphatic heterocycles. The third-order valence-electron chi connectivity index (χ3n) is 4.43. The molecule has 4 heteroatoms. The summed E-state index contributed by atoms with van der Waals surface area (Å²) in [6.07, 6.45) is 5.40. The summed E-state index contributed by atoms with van der Waals surface area (Å²) in [5.41, 5.74) is 2.60. The summed E-state index contributed by atoms with van der Waals surface area (Å²) >= 11 is 3.69. The number of ether oxygens (including phenoxy) is 1. The van der Waals surface area contributed by atoms with Gasteiger partial charge in [0.1, 0.15) is 0 Å². The van der Waals surface area contributed by atoms with Gasteiger partial charge in [0.2, 0.25) is 0 Å². The summed E-state index contributed by atoms with van der Waals surface area (Å²) in [7, 11) is 2.18. The molecule has 1 aliphatic carbocycles. The van der Waals surface area contributed by atoms with Gasteiger partial charge in [0, 0.05) is 30.1 Å². The van der Waals surface area contributed by atoms with Crippen LogP contribution in [0.25, 0.3) is 0 Å². The van der Waals surface area contributed by atoms with Gasteiger partial charge in [0.15, 0.2) is 0 Å². The van der Waals surface area contributed by atoms with Gasteiger partial charge in [-0.25, -0.2) is 0 Å². The minimum Gasteiger partial charge on any atom is -0.373 e. The van der Waals surface area contributed by atoms with Gasteiger partial charge in [-0.3, -0.25) is 0 Å². The van der Waals surface area contributed by atoms with Gasteiger partial charge in [-0.05, 0) is 49.9 Å². The lowest BCUT2D eigenvalue weighted by Crippen LogP contribution is -2.34. The Balaban J connectivity index is 1.48. The molecule has 21 heavy (non-hydrogen) atoms. The Morgan fingerprint density at radius 1 is 1.24 bits per heavy atom. The first-order valence-corrected chi connectivity index (χ1v) is 8.81. The van der Waals surface area contributed by atoms with E-state index in [1.165, 1.54) is 28.4 Å². The molecule has 0 bridgehead atoms. The van der Waals surface area contributed by atoms with E-state index in [1.807, 2.05) is 0 Å². The number of hydrogen-bond donors (Lipinski definition) is 1. The molecule has 3 rings (SSSR count).